The molecule has 5 nitrogen and oxygen atoms in total. The van der Waals surface area contributed by atoms with Crippen molar-refractivity contribution < 1.29 is 22.8 Å². The van der Waals surface area contributed by atoms with Crippen molar-refractivity contribution in [1.29, 1.82) is 0 Å². The van der Waals surface area contributed by atoms with Gasteiger partial charge < -0.3 is 4.98 Å². The fourth-order valence-electron chi connectivity index (χ4n) is 2.67. The summed E-state index contributed by atoms with van der Waals surface area (Å²) in [6.45, 7) is 0. The van der Waals surface area contributed by atoms with E-state index in [2.05, 4.69) is 15.5 Å². The molecule has 0 spiro atoms. The summed E-state index contributed by atoms with van der Waals surface area (Å²) in [6, 6.07) is 10.1. The Kier molecular flexibility index (Phi) is 6.03. The number of ketones is 1. The number of benzene rings is 2. The highest BCUT2D eigenvalue weighted by Gasteiger charge is 2.31. The van der Waals surface area contributed by atoms with E-state index in [4.69, 9.17) is 11.6 Å². The molecule has 0 fully saturated rings. The van der Waals surface area contributed by atoms with Crippen molar-refractivity contribution in [2.75, 3.05) is 0 Å². The predicted octanol–water partition coefficient (Wildman–Crippen LogP) is 4.95. The molecular weight excluding hydrogens is 407 g/mol. The number of nitrogens with zero attached hydrogens (tertiary/aromatic N) is 1. The summed E-state index contributed by atoms with van der Waals surface area (Å²) in [6.07, 6.45) is -1.84. The zero-order chi connectivity index (χ0) is 21.0. The number of rotatable bonds is 6. The van der Waals surface area contributed by atoms with Gasteiger partial charge in [0.05, 0.1) is 11.8 Å². The lowest BCUT2D eigenvalue weighted by Gasteiger charge is -2.09. The number of hydrogen-bond donors (Lipinski definition) is 2. The smallest absolute Gasteiger partial charge is 0.361 e. The molecule has 0 radical (unpaired) electrons. The van der Waals surface area contributed by atoms with E-state index in [1.165, 1.54) is 6.21 Å². The molecule has 0 bridgehead atoms. The zero-order valence-electron chi connectivity index (χ0n) is 14.9. The Bertz CT molecular complexity index is 1090. The molecule has 29 heavy (non-hydrogen) atoms. The van der Waals surface area contributed by atoms with Crippen LogP contribution in [0.3, 0.4) is 0 Å². The summed E-state index contributed by atoms with van der Waals surface area (Å²) in [7, 11) is 0. The molecule has 2 aromatic carbocycles. The molecule has 0 saturated heterocycles. The predicted molar refractivity (Wildman–Crippen MR) is 104 cm³/mol. The first-order valence-electron chi connectivity index (χ1n) is 8.52. The first kappa shape index (κ1) is 20.6. The number of carbonyl (C=O) groups is 2. The molecule has 0 unspecified atom stereocenters. The van der Waals surface area contributed by atoms with E-state index >= 15 is 0 Å². The molecule has 0 saturated carbocycles. The van der Waals surface area contributed by atoms with Crippen molar-refractivity contribution in [3.8, 4) is 0 Å². The van der Waals surface area contributed by atoms with Crippen molar-refractivity contribution in [3.63, 3.8) is 0 Å². The number of Topliss-reactive ketones (excluding diaryl/α,β-unsaturated/α-hetero) is 1. The van der Waals surface area contributed by atoms with E-state index in [1.54, 1.807) is 0 Å². The maximum atomic E-state index is 12.8. The highest BCUT2D eigenvalue weighted by atomic mass is 35.5. The number of alkyl halides is 3. The van der Waals surface area contributed by atoms with Crippen LogP contribution in [0.1, 0.15) is 34.3 Å². The maximum absolute atomic E-state index is 12.8. The van der Waals surface area contributed by atoms with Crippen molar-refractivity contribution in [3.05, 3.63) is 70.4 Å². The first-order chi connectivity index (χ1) is 13.7. The molecule has 0 atom stereocenters. The fourth-order valence-corrected chi connectivity index (χ4v) is 2.91. The molecule has 3 aromatic rings. The second-order valence-electron chi connectivity index (χ2n) is 6.27. The van der Waals surface area contributed by atoms with E-state index < -0.39 is 23.4 Å². The van der Waals surface area contributed by atoms with Gasteiger partial charge in [-0.25, -0.2) is 5.43 Å². The largest absolute Gasteiger partial charge is 0.416 e. The number of nitrogens with one attached hydrogen (secondary N) is 2. The average Bonchev–Trinajstić information content (AvgIpc) is 3.12. The third-order valence-electron chi connectivity index (χ3n) is 4.11. The summed E-state index contributed by atoms with van der Waals surface area (Å²) in [4.78, 5) is 27.0. The number of hydrogen-bond acceptors (Lipinski definition) is 3. The number of carbonyl (C=O) groups excluding carboxylic acids is 2. The van der Waals surface area contributed by atoms with Gasteiger partial charge in [-0.1, -0.05) is 17.7 Å². The van der Waals surface area contributed by atoms with Crippen LogP contribution in [0, 0.1) is 0 Å². The molecule has 3 rings (SSSR count). The summed E-state index contributed by atoms with van der Waals surface area (Å²) in [5.74, 6) is -1.15. The van der Waals surface area contributed by atoms with Gasteiger partial charge in [0.1, 0.15) is 0 Å². The zero-order valence-corrected chi connectivity index (χ0v) is 15.6. The van der Waals surface area contributed by atoms with Crippen LogP contribution in [0.5, 0.6) is 0 Å². The van der Waals surface area contributed by atoms with Gasteiger partial charge in [-0.3, -0.25) is 9.59 Å². The van der Waals surface area contributed by atoms with Gasteiger partial charge in [0.25, 0.3) is 0 Å². The van der Waals surface area contributed by atoms with Gasteiger partial charge in [-0.2, -0.15) is 18.3 Å². The quantitative estimate of drug-likeness (QED) is 0.335. The summed E-state index contributed by atoms with van der Waals surface area (Å²) in [5.41, 5.74) is 2.83. The normalized spacial score (nSPS) is 11.9. The van der Waals surface area contributed by atoms with Crippen LogP contribution in [0.2, 0.25) is 5.02 Å². The Hall–Kier alpha value is -3.13. The standard InChI is InChI=1S/C20H15ClF3N3O2/c21-16-9-14(8-15(10-16)20(22,23)24)18(28)3-4-19(29)27-26-11-12-1-2-17-13(7-12)5-6-25-17/h1-2,5-11,25H,3-4H2,(H,27,29)/b26-11+. The lowest BCUT2D eigenvalue weighted by Crippen LogP contribution is -2.18. The van der Waals surface area contributed by atoms with E-state index in [1.807, 2.05) is 30.5 Å². The number of aromatic nitrogens is 1. The number of H-pyrrole nitrogens is 1. The van der Waals surface area contributed by atoms with Gasteiger partial charge >= 0.3 is 6.18 Å². The molecule has 1 aromatic heterocycles. The maximum Gasteiger partial charge on any atom is 0.416 e. The average molecular weight is 422 g/mol. The monoisotopic (exact) mass is 421 g/mol. The molecule has 1 amide bonds. The SMILES string of the molecule is O=C(CCC(=O)c1cc(Cl)cc(C(F)(F)F)c1)N/N=C/c1ccc2[nH]ccc2c1. The highest BCUT2D eigenvalue weighted by molar-refractivity contribution is 6.31. The lowest BCUT2D eigenvalue weighted by atomic mass is 10.0. The molecule has 0 aliphatic carbocycles. The molecule has 9 heteroatoms. The molecule has 0 aliphatic heterocycles. The number of amides is 1. The fraction of sp³-hybridized carbons (Fsp3) is 0.150. The third kappa shape index (κ3) is 5.45. The van der Waals surface area contributed by atoms with Crippen LogP contribution in [-0.4, -0.2) is 22.9 Å². The number of aromatic amines is 1. The highest BCUT2D eigenvalue weighted by Crippen LogP contribution is 2.32. The third-order valence-corrected chi connectivity index (χ3v) is 4.32. The Morgan fingerprint density at radius 2 is 1.90 bits per heavy atom. The van der Waals surface area contributed by atoms with Crippen LogP contribution in [0.15, 0.2) is 53.8 Å². The van der Waals surface area contributed by atoms with E-state index in [0.717, 1.165) is 34.7 Å². The van der Waals surface area contributed by atoms with Gasteiger partial charge in [0.15, 0.2) is 5.78 Å². The summed E-state index contributed by atoms with van der Waals surface area (Å²) >= 11 is 5.67. The number of halogens is 4. The van der Waals surface area contributed by atoms with Crippen LogP contribution in [0.25, 0.3) is 10.9 Å². The Morgan fingerprint density at radius 1 is 1.10 bits per heavy atom. The minimum absolute atomic E-state index is 0.194. The van der Waals surface area contributed by atoms with Crippen LogP contribution in [0.4, 0.5) is 13.2 Å². The first-order valence-corrected chi connectivity index (χ1v) is 8.90. The van der Waals surface area contributed by atoms with Crippen molar-refractivity contribution in [2.24, 2.45) is 5.10 Å². The van der Waals surface area contributed by atoms with Crippen LogP contribution >= 0.6 is 11.6 Å². The Labute approximate surface area is 168 Å². The van der Waals surface area contributed by atoms with Gasteiger partial charge in [0, 0.05) is 35.1 Å². The molecule has 2 N–H and O–H groups in total. The van der Waals surface area contributed by atoms with E-state index in [-0.39, 0.29) is 23.4 Å². The Balaban J connectivity index is 1.55. The van der Waals surface area contributed by atoms with Crippen molar-refractivity contribution in [1.82, 2.24) is 10.4 Å². The van der Waals surface area contributed by atoms with Crippen molar-refractivity contribution in [2.45, 2.75) is 19.0 Å². The second-order valence-corrected chi connectivity index (χ2v) is 6.70. The summed E-state index contributed by atoms with van der Waals surface area (Å²) in [5, 5.41) is 4.62. The molecule has 150 valence electrons. The molecule has 1 heterocycles. The van der Waals surface area contributed by atoms with E-state index in [9.17, 15) is 22.8 Å². The number of fused-ring (bicyclic) bond motifs is 1. The van der Waals surface area contributed by atoms with Gasteiger partial charge in [-0.15, -0.1) is 0 Å². The summed E-state index contributed by atoms with van der Waals surface area (Å²) < 4.78 is 38.5. The Morgan fingerprint density at radius 3 is 2.66 bits per heavy atom. The van der Waals surface area contributed by atoms with Crippen LogP contribution in [-0.2, 0) is 11.0 Å². The lowest BCUT2D eigenvalue weighted by molar-refractivity contribution is -0.137. The molecular formula is C20H15ClF3N3O2. The number of hydrazone groups is 1. The van der Waals surface area contributed by atoms with Crippen LogP contribution < -0.4 is 5.43 Å². The topological polar surface area (TPSA) is 74.3 Å². The molecule has 0 aliphatic rings. The minimum atomic E-state index is -4.62. The van der Waals surface area contributed by atoms with Crippen molar-refractivity contribution >= 4 is 40.4 Å². The van der Waals surface area contributed by atoms with E-state index in [0.29, 0.717) is 0 Å². The van der Waals surface area contributed by atoms with Gasteiger partial charge in [-0.05, 0) is 47.3 Å². The second kappa shape index (κ2) is 8.48. The minimum Gasteiger partial charge on any atom is -0.361 e. The van der Waals surface area contributed by atoms with Gasteiger partial charge in [0.2, 0.25) is 5.91 Å².